The highest BCUT2D eigenvalue weighted by Crippen LogP contribution is 2.13. The molecule has 0 aromatic carbocycles. The number of likely N-dealkylation sites (tertiary alicyclic amines) is 1. The second-order valence-corrected chi connectivity index (χ2v) is 4.79. The summed E-state index contributed by atoms with van der Waals surface area (Å²) in [5, 5.41) is 0. The van der Waals surface area contributed by atoms with Gasteiger partial charge in [-0.15, -0.1) is 0 Å². The van der Waals surface area contributed by atoms with Crippen LogP contribution in [-0.2, 0) is 0 Å². The number of hydrogen-bond acceptors (Lipinski definition) is 2. The Hall–Kier alpha value is -0.0800. The number of rotatable bonds is 7. The first-order chi connectivity index (χ1) is 6.74. The predicted octanol–water partition coefficient (Wildman–Crippen LogP) is 2.20. The zero-order valence-corrected chi connectivity index (χ0v) is 10.1. The van der Waals surface area contributed by atoms with E-state index in [4.69, 9.17) is 0 Å². The van der Waals surface area contributed by atoms with Crippen LogP contribution < -0.4 is 0 Å². The minimum absolute atomic E-state index is 0.825. The molecule has 1 aliphatic heterocycles. The van der Waals surface area contributed by atoms with Gasteiger partial charge in [0.05, 0.1) is 0 Å². The van der Waals surface area contributed by atoms with E-state index in [1.165, 1.54) is 51.7 Å². The van der Waals surface area contributed by atoms with E-state index >= 15 is 0 Å². The van der Waals surface area contributed by atoms with Crippen molar-refractivity contribution in [1.29, 1.82) is 0 Å². The first kappa shape index (κ1) is 12.0. The molecule has 0 bridgehead atoms. The summed E-state index contributed by atoms with van der Waals surface area (Å²) in [6.45, 7) is 6.19. The molecule has 1 aliphatic rings. The van der Waals surface area contributed by atoms with E-state index in [1.807, 2.05) is 0 Å². The Kier molecular flexibility index (Phi) is 5.49. The first-order valence-corrected chi connectivity index (χ1v) is 6.12. The second kappa shape index (κ2) is 6.41. The van der Waals surface area contributed by atoms with Gasteiger partial charge >= 0.3 is 0 Å². The van der Waals surface area contributed by atoms with Crippen LogP contribution in [-0.4, -0.2) is 49.6 Å². The first-order valence-electron chi connectivity index (χ1n) is 6.12. The standard InChI is InChI=1S/C12H26N2/c1-4-5-6-7-8-9-14-10-12(11-14)13(2)3/h12H,4-11H2,1-3H3. The van der Waals surface area contributed by atoms with Crippen molar-refractivity contribution in [3.05, 3.63) is 0 Å². The Morgan fingerprint density at radius 1 is 1.07 bits per heavy atom. The van der Waals surface area contributed by atoms with Gasteiger partial charge in [-0.3, -0.25) is 0 Å². The lowest BCUT2D eigenvalue weighted by Crippen LogP contribution is -2.57. The van der Waals surface area contributed by atoms with Crippen molar-refractivity contribution in [3.8, 4) is 0 Å². The maximum Gasteiger partial charge on any atom is 0.0344 e. The van der Waals surface area contributed by atoms with Gasteiger partial charge in [-0.05, 0) is 27.1 Å². The maximum absolute atomic E-state index is 2.58. The van der Waals surface area contributed by atoms with Gasteiger partial charge < -0.3 is 9.80 Å². The molecule has 0 N–H and O–H groups in total. The third-order valence-electron chi connectivity index (χ3n) is 3.25. The molecule has 2 nitrogen and oxygen atoms in total. The molecule has 0 aliphatic carbocycles. The van der Waals surface area contributed by atoms with Crippen LogP contribution in [0.2, 0.25) is 0 Å². The lowest BCUT2D eigenvalue weighted by Gasteiger charge is -2.42. The van der Waals surface area contributed by atoms with E-state index in [9.17, 15) is 0 Å². The highest BCUT2D eigenvalue weighted by Gasteiger charge is 2.26. The van der Waals surface area contributed by atoms with Crippen molar-refractivity contribution < 1.29 is 0 Å². The van der Waals surface area contributed by atoms with Crippen molar-refractivity contribution in [3.63, 3.8) is 0 Å². The van der Waals surface area contributed by atoms with Gasteiger partial charge in [0.25, 0.3) is 0 Å². The van der Waals surface area contributed by atoms with E-state index in [0.717, 1.165) is 6.04 Å². The van der Waals surface area contributed by atoms with Crippen LogP contribution >= 0.6 is 0 Å². The van der Waals surface area contributed by atoms with Crippen molar-refractivity contribution in [1.82, 2.24) is 9.80 Å². The second-order valence-electron chi connectivity index (χ2n) is 4.79. The molecule has 0 atom stereocenters. The predicted molar refractivity (Wildman–Crippen MR) is 62.7 cm³/mol. The van der Waals surface area contributed by atoms with Crippen LogP contribution in [0.25, 0.3) is 0 Å². The fourth-order valence-electron chi connectivity index (χ4n) is 1.99. The summed E-state index contributed by atoms with van der Waals surface area (Å²) >= 11 is 0. The zero-order chi connectivity index (χ0) is 10.4. The van der Waals surface area contributed by atoms with E-state index < -0.39 is 0 Å². The third-order valence-corrected chi connectivity index (χ3v) is 3.25. The molecule has 1 rings (SSSR count). The lowest BCUT2D eigenvalue weighted by molar-refractivity contribution is 0.0623. The summed E-state index contributed by atoms with van der Waals surface area (Å²) < 4.78 is 0. The van der Waals surface area contributed by atoms with E-state index in [0.29, 0.717) is 0 Å². The lowest BCUT2D eigenvalue weighted by atomic mass is 10.1. The van der Waals surface area contributed by atoms with Crippen LogP contribution in [0.5, 0.6) is 0 Å². The highest BCUT2D eigenvalue weighted by molar-refractivity contribution is 4.85. The molecular weight excluding hydrogens is 172 g/mol. The Balaban J connectivity index is 1.86. The molecule has 0 saturated carbocycles. The summed E-state index contributed by atoms with van der Waals surface area (Å²) in [5.41, 5.74) is 0. The SMILES string of the molecule is CCCCCCCN1CC(N(C)C)C1. The summed E-state index contributed by atoms with van der Waals surface area (Å²) in [7, 11) is 4.37. The number of unbranched alkanes of at least 4 members (excludes halogenated alkanes) is 4. The summed E-state index contributed by atoms with van der Waals surface area (Å²) in [6, 6.07) is 0.825. The van der Waals surface area contributed by atoms with E-state index in [1.54, 1.807) is 0 Å². The average Bonchev–Trinajstić information content (AvgIpc) is 2.06. The van der Waals surface area contributed by atoms with Gasteiger partial charge in [-0.25, -0.2) is 0 Å². The molecule has 0 radical (unpaired) electrons. The normalized spacial score (nSPS) is 18.9. The molecule has 1 fully saturated rings. The maximum atomic E-state index is 2.58. The summed E-state index contributed by atoms with van der Waals surface area (Å²) in [6.07, 6.45) is 7.03. The minimum atomic E-state index is 0.825. The Labute approximate surface area is 89.3 Å². The van der Waals surface area contributed by atoms with Crippen LogP contribution in [0, 0.1) is 0 Å². The number of likely N-dealkylation sites (N-methyl/N-ethyl adjacent to an activating group) is 1. The molecule has 0 aromatic rings. The Morgan fingerprint density at radius 3 is 2.29 bits per heavy atom. The van der Waals surface area contributed by atoms with Crippen LogP contribution in [0.1, 0.15) is 39.0 Å². The molecule has 0 amide bonds. The van der Waals surface area contributed by atoms with Gasteiger partial charge in [-0.1, -0.05) is 32.6 Å². The highest BCUT2D eigenvalue weighted by atomic mass is 15.3. The Morgan fingerprint density at radius 2 is 1.71 bits per heavy atom. The van der Waals surface area contributed by atoms with Crippen molar-refractivity contribution >= 4 is 0 Å². The molecule has 84 valence electrons. The summed E-state index contributed by atoms with van der Waals surface area (Å²) in [4.78, 5) is 4.92. The third kappa shape index (κ3) is 3.97. The number of nitrogens with zero attached hydrogens (tertiary/aromatic N) is 2. The monoisotopic (exact) mass is 198 g/mol. The molecule has 2 heteroatoms. The molecule has 0 spiro atoms. The van der Waals surface area contributed by atoms with Gasteiger partial charge in [0, 0.05) is 19.1 Å². The summed E-state index contributed by atoms with van der Waals surface area (Å²) in [5.74, 6) is 0. The molecule has 1 saturated heterocycles. The number of hydrogen-bond donors (Lipinski definition) is 0. The molecule has 0 aromatic heterocycles. The van der Waals surface area contributed by atoms with E-state index in [2.05, 4.69) is 30.8 Å². The van der Waals surface area contributed by atoms with Crippen molar-refractivity contribution in [2.45, 2.75) is 45.1 Å². The minimum Gasteiger partial charge on any atom is -0.304 e. The van der Waals surface area contributed by atoms with Gasteiger partial charge in [0.2, 0.25) is 0 Å². The van der Waals surface area contributed by atoms with E-state index in [-0.39, 0.29) is 0 Å². The average molecular weight is 198 g/mol. The molecular formula is C12H26N2. The molecule has 0 unspecified atom stereocenters. The van der Waals surface area contributed by atoms with Crippen molar-refractivity contribution in [2.75, 3.05) is 33.7 Å². The van der Waals surface area contributed by atoms with Crippen LogP contribution in [0.15, 0.2) is 0 Å². The van der Waals surface area contributed by atoms with Gasteiger partial charge in [0.15, 0.2) is 0 Å². The van der Waals surface area contributed by atoms with Crippen LogP contribution in [0.4, 0.5) is 0 Å². The zero-order valence-electron chi connectivity index (χ0n) is 10.1. The Bertz CT molecular complexity index is 139. The largest absolute Gasteiger partial charge is 0.304 e. The fourth-order valence-corrected chi connectivity index (χ4v) is 1.99. The van der Waals surface area contributed by atoms with Crippen LogP contribution in [0.3, 0.4) is 0 Å². The fraction of sp³-hybridized carbons (Fsp3) is 1.00. The van der Waals surface area contributed by atoms with Gasteiger partial charge in [-0.2, -0.15) is 0 Å². The topological polar surface area (TPSA) is 6.48 Å². The van der Waals surface area contributed by atoms with Gasteiger partial charge in [0.1, 0.15) is 0 Å². The molecule has 14 heavy (non-hydrogen) atoms. The van der Waals surface area contributed by atoms with Crippen molar-refractivity contribution in [2.24, 2.45) is 0 Å². The molecule has 1 heterocycles. The smallest absolute Gasteiger partial charge is 0.0344 e. The quantitative estimate of drug-likeness (QED) is 0.579.